The molecule has 0 aliphatic rings. The molecule has 6 heteroatoms. The number of hydrogen-bond donors (Lipinski definition) is 1. The van der Waals surface area contributed by atoms with Gasteiger partial charge in [0.15, 0.2) is 0 Å². The normalized spacial score (nSPS) is 10.7. The first-order chi connectivity index (χ1) is 10.1. The van der Waals surface area contributed by atoms with Gasteiger partial charge in [-0.3, -0.25) is 4.98 Å². The zero-order valence-corrected chi connectivity index (χ0v) is 13.8. The highest BCUT2D eigenvalue weighted by Gasteiger charge is 2.10. The molecule has 2 rings (SSSR count). The number of nitrogens with zero attached hydrogens (tertiary/aromatic N) is 1. The molecule has 1 N–H and O–H groups in total. The van der Waals surface area contributed by atoms with Gasteiger partial charge in [0.1, 0.15) is 11.5 Å². The van der Waals surface area contributed by atoms with Crippen molar-refractivity contribution in [1.82, 2.24) is 10.3 Å². The van der Waals surface area contributed by atoms with E-state index in [1.54, 1.807) is 30.6 Å². The molecule has 0 fully saturated rings. The van der Waals surface area contributed by atoms with Crippen molar-refractivity contribution in [2.45, 2.75) is 19.9 Å². The van der Waals surface area contributed by atoms with Crippen LogP contribution in [0.4, 0.5) is 0 Å². The van der Waals surface area contributed by atoms with Gasteiger partial charge in [-0.25, -0.2) is 0 Å². The van der Waals surface area contributed by atoms with E-state index in [0.29, 0.717) is 33.1 Å². The molecule has 0 radical (unpaired) electrons. The molecule has 0 bridgehead atoms. The van der Waals surface area contributed by atoms with Gasteiger partial charge in [-0.05, 0) is 25.1 Å². The second-order valence-electron chi connectivity index (χ2n) is 4.46. The van der Waals surface area contributed by atoms with Gasteiger partial charge in [0, 0.05) is 30.6 Å². The third-order valence-corrected chi connectivity index (χ3v) is 3.81. The summed E-state index contributed by atoms with van der Waals surface area (Å²) in [6.45, 7) is 3.72. The summed E-state index contributed by atoms with van der Waals surface area (Å²) in [5.74, 6) is 1.16. The Hall–Kier alpha value is -1.000. The van der Waals surface area contributed by atoms with Gasteiger partial charge in [0.25, 0.3) is 0 Å². The molecule has 0 atom stereocenters. The van der Waals surface area contributed by atoms with E-state index in [4.69, 9.17) is 39.5 Å². The maximum atomic E-state index is 6.13. The van der Waals surface area contributed by atoms with Crippen LogP contribution in [0.15, 0.2) is 30.6 Å². The Labute approximate surface area is 139 Å². The van der Waals surface area contributed by atoms with E-state index >= 15 is 0 Å². The molecule has 0 unspecified atom stereocenters. The third-order valence-electron chi connectivity index (χ3n) is 2.80. The predicted molar refractivity (Wildman–Crippen MR) is 87.8 cm³/mol. The number of rotatable bonds is 6. The number of aromatic nitrogens is 1. The van der Waals surface area contributed by atoms with E-state index in [0.717, 1.165) is 18.5 Å². The Morgan fingerprint density at radius 1 is 1.10 bits per heavy atom. The zero-order valence-electron chi connectivity index (χ0n) is 11.5. The smallest absolute Gasteiger partial charge is 0.147 e. The molecule has 0 spiro atoms. The molecule has 2 aromatic rings. The predicted octanol–water partition coefficient (Wildman–Crippen LogP) is 5.33. The number of benzene rings is 1. The summed E-state index contributed by atoms with van der Waals surface area (Å²) in [5.41, 5.74) is 0.952. The monoisotopic (exact) mass is 344 g/mol. The minimum atomic E-state index is 0.397. The van der Waals surface area contributed by atoms with Crippen LogP contribution in [0.5, 0.6) is 11.5 Å². The first-order valence-corrected chi connectivity index (χ1v) is 7.71. The lowest BCUT2D eigenvalue weighted by Gasteiger charge is -2.13. The molecule has 0 saturated heterocycles. The summed E-state index contributed by atoms with van der Waals surface area (Å²) < 4.78 is 5.85. The molecule has 0 saturated carbocycles. The standard InChI is InChI=1S/C15H15Cl3N2O/c1-2-4-19-8-10-9-20-5-3-14(10)21-15-7-12(17)11(16)6-13(15)18/h3,5-7,9,19H,2,4,8H2,1H3. The van der Waals surface area contributed by atoms with Crippen LogP contribution in [-0.4, -0.2) is 11.5 Å². The number of hydrogen-bond acceptors (Lipinski definition) is 3. The summed E-state index contributed by atoms with van der Waals surface area (Å²) in [6, 6.07) is 4.97. The van der Waals surface area contributed by atoms with E-state index in [-0.39, 0.29) is 0 Å². The summed E-state index contributed by atoms with van der Waals surface area (Å²) in [4.78, 5) is 4.12. The molecule has 1 heterocycles. The lowest BCUT2D eigenvalue weighted by atomic mass is 10.2. The van der Waals surface area contributed by atoms with Crippen molar-refractivity contribution in [3.63, 3.8) is 0 Å². The maximum Gasteiger partial charge on any atom is 0.147 e. The average Bonchev–Trinajstić information content (AvgIpc) is 2.47. The minimum Gasteiger partial charge on any atom is -0.455 e. The number of ether oxygens (including phenoxy) is 1. The lowest BCUT2D eigenvalue weighted by molar-refractivity contribution is 0.472. The van der Waals surface area contributed by atoms with Crippen molar-refractivity contribution < 1.29 is 4.74 Å². The molecule has 0 amide bonds. The van der Waals surface area contributed by atoms with E-state index < -0.39 is 0 Å². The van der Waals surface area contributed by atoms with Crippen LogP contribution in [-0.2, 0) is 6.54 Å². The van der Waals surface area contributed by atoms with Crippen molar-refractivity contribution >= 4 is 34.8 Å². The van der Waals surface area contributed by atoms with Gasteiger partial charge in [0.05, 0.1) is 15.1 Å². The zero-order chi connectivity index (χ0) is 15.2. The van der Waals surface area contributed by atoms with E-state index in [1.165, 1.54) is 0 Å². The summed E-state index contributed by atoms with van der Waals surface area (Å²) >= 11 is 18.0. The van der Waals surface area contributed by atoms with Crippen molar-refractivity contribution in [2.24, 2.45) is 0 Å². The second kappa shape index (κ2) is 7.85. The minimum absolute atomic E-state index is 0.397. The Morgan fingerprint density at radius 3 is 2.62 bits per heavy atom. The summed E-state index contributed by atoms with van der Waals surface area (Å²) in [7, 11) is 0. The molecule has 112 valence electrons. The maximum absolute atomic E-state index is 6.13. The van der Waals surface area contributed by atoms with Crippen LogP contribution in [0.25, 0.3) is 0 Å². The van der Waals surface area contributed by atoms with Crippen molar-refractivity contribution in [1.29, 1.82) is 0 Å². The topological polar surface area (TPSA) is 34.2 Å². The number of nitrogens with one attached hydrogen (secondary N) is 1. The Balaban J connectivity index is 2.21. The lowest BCUT2D eigenvalue weighted by Crippen LogP contribution is -2.14. The van der Waals surface area contributed by atoms with Crippen molar-refractivity contribution in [3.05, 3.63) is 51.2 Å². The van der Waals surface area contributed by atoms with Gasteiger partial charge < -0.3 is 10.1 Å². The molecule has 0 aliphatic carbocycles. The molecule has 1 aromatic heterocycles. The molecule has 1 aromatic carbocycles. The van der Waals surface area contributed by atoms with Crippen LogP contribution in [0.3, 0.4) is 0 Å². The Morgan fingerprint density at radius 2 is 1.86 bits per heavy atom. The fourth-order valence-electron chi connectivity index (χ4n) is 1.75. The van der Waals surface area contributed by atoms with Crippen molar-refractivity contribution in [2.75, 3.05) is 6.54 Å². The molecular weight excluding hydrogens is 331 g/mol. The first kappa shape index (κ1) is 16.4. The van der Waals surface area contributed by atoms with Gasteiger partial charge in [-0.1, -0.05) is 41.7 Å². The average molecular weight is 346 g/mol. The van der Waals surface area contributed by atoms with Gasteiger partial charge in [0.2, 0.25) is 0 Å². The molecule has 3 nitrogen and oxygen atoms in total. The highest BCUT2D eigenvalue weighted by atomic mass is 35.5. The fraction of sp³-hybridized carbons (Fsp3) is 0.267. The van der Waals surface area contributed by atoms with E-state index in [1.807, 2.05) is 0 Å². The van der Waals surface area contributed by atoms with Crippen LogP contribution < -0.4 is 10.1 Å². The highest BCUT2D eigenvalue weighted by molar-refractivity contribution is 6.43. The van der Waals surface area contributed by atoms with Gasteiger partial charge in [-0.2, -0.15) is 0 Å². The largest absolute Gasteiger partial charge is 0.455 e. The van der Waals surface area contributed by atoms with Gasteiger partial charge >= 0.3 is 0 Å². The summed E-state index contributed by atoms with van der Waals surface area (Å²) in [6.07, 6.45) is 4.50. The van der Waals surface area contributed by atoms with Crippen LogP contribution in [0.2, 0.25) is 15.1 Å². The van der Waals surface area contributed by atoms with Gasteiger partial charge in [-0.15, -0.1) is 0 Å². The Bertz CT molecular complexity index is 620. The summed E-state index contributed by atoms with van der Waals surface area (Å²) in [5, 5.41) is 4.52. The third kappa shape index (κ3) is 4.48. The highest BCUT2D eigenvalue weighted by Crippen LogP contribution is 2.37. The molecular formula is C15H15Cl3N2O. The second-order valence-corrected chi connectivity index (χ2v) is 5.68. The molecule has 0 aliphatic heterocycles. The van der Waals surface area contributed by atoms with Crippen LogP contribution in [0.1, 0.15) is 18.9 Å². The number of halogens is 3. The fourth-order valence-corrected chi connectivity index (χ4v) is 2.32. The number of pyridine rings is 1. The quantitative estimate of drug-likeness (QED) is 0.567. The van der Waals surface area contributed by atoms with Crippen molar-refractivity contribution in [3.8, 4) is 11.5 Å². The van der Waals surface area contributed by atoms with Crippen LogP contribution in [0, 0.1) is 0 Å². The van der Waals surface area contributed by atoms with Crippen LogP contribution >= 0.6 is 34.8 Å². The SMILES string of the molecule is CCCNCc1cnccc1Oc1cc(Cl)c(Cl)cc1Cl. The molecule has 21 heavy (non-hydrogen) atoms. The van der Waals surface area contributed by atoms with E-state index in [2.05, 4.69) is 17.2 Å². The van der Waals surface area contributed by atoms with E-state index in [9.17, 15) is 0 Å². The Kier molecular flexibility index (Phi) is 6.12. The first-order valence-electron chi connectivity index (χ1n) is 6.57.